The summed E-state index contributed by atoms with van der Waals surface area (Å²) in [5, 5.41) is 13.2. The average molecular weight is 281 g/mol. The fourth-order valence-electron chi connectivity index (χ4n) is 2.96. The van der Waals surface area contributed by atoms with Gasteiger partial charge in [-0.3, -0.25) is 0 Å². The highest BCUT2D eigenvalue weighted by Crippen LogP contribution is 2.37. The van der Waals surface area contributed by atoms with Crippen molar-refractivity contribution in [3.8, 4) is 11.1 Å². The Kier molecular flexibility index (Phi) is 3.60. The van der Waals surface area contributed by atoms with Crippen LogP contribution in [0.15, 0.2) is 42.5 Å². The van der Waals surface area contributed by atoms with Crippen molar-refractivity contribution in [1.82, 2.24) is 5.32 Å². The molecular weight excluding hydrogens is 258 g/mol. The third-order valence-electron chi connectivity index (χ3n) is 4.16. The van der Waals surface area contributed by atoms with E-state index in [1.165, 1.54) is 27.8 Å². The highest BCUT2D eigenvalue weighted by Gasteiger charge is 2.20. The summed E-state index contributed by atoms with van der Waals surface area (Å²) in [4.78, 5) is 0. The molecule has 0 bridgehead atoms. The van der Waals surface area contributed by atoms with Gasteiger partial charge in [-0.25, -0.2) is 0 Å². The van der Waals surface area contributed by atoms with Crippen molar-refractivity contribution in [2.75, 3.05) is 6.54 Å². The van der Waals surface area contributed by atoms with Crippen LogP contribution in [0.2, 0.25) is 0 Å². The van der Waals surface area contributed by atoms with Crippen LogP contribution >= 0.6 is 0 Å². The molecule has 0 heterocycles. The van der Waals surface area contributed by atoms with Gasteiger partial charge in [0.25, 0.3) is 0 Å². The van der Waals surface area contributed by atoms with E-state index in [-0.39, 0.29) is 6.04 Å². The van der Waals surface area contributed by atoms with E-state index < -0.39 is 5.60 Å². The third kappa shape index (κ3) is 3.02. The first-order valence-electron chi connectivity index (χ1n) is 7.61. The summed E-state index contributed by atoms with van der Waals surface area (Å²) in [5.41, 5.74) is 6.17. The Hall–Kier alpha value is -1.64. The van der Waals surface area contributed by atoms with E-state index in [9.17, 15) is 5.11 Å². The molecule has 1 aliphatic rings. The fraction of sp³-hybridized carbons (Fsp3) is 0.368. The van der Waals surface area contributed by atoms with Gasteiger partial charge in [-0.05, 0) is 55.0 Å². The Morgan fingerprint density at radius 3 is 2.57 bits per heavy atom. The first-order chi connectivity index (χ1) is 9.94. The molecule has 1 aliphatic carbocycles. The smallest absolute Gasteiger partial charge is 0.0715 e. The average Bonchev–Trinajstić information content (AvgIpc) is 2.81. The number of benzene rings is 2. The molecule has 0 fully saturated rings. The standard InChI is InChI=1S/C19H23NO/c1-13(20-12-19(2,3)21)14-8-9-18-16(10-14)11-15-6-4-5-7-17(15)18/h4-10,13,20-21H,11-12H2,1-3H3. The van der Waals surface area contributed by atoms with Gasteiger partial charge in [-0.1, -0.05) is 42.5 Å². The summed E-state index contributed by atoms with van der Waals surface area (Å²) in [6.45, 7) is 6.39. The van der Waals surface area contributed by atoms with Crippen LogP contribution in [0.4, 0.5) is 0 Å². The number of hydrogen-bond acceptors (Lipinski definition) is 2. The maximum Gasteiger partial charge on any atom is 0.0715 e. The molecule has 21 heavy (non-hydrogen) atoms. The van der Waals surface area contributed by atoms with Crippen molar-refractivity contribution in [2.45, 2.75) is 38.8 Å². The van der Waals surface area contributed by atoms with Crippen LogP contribution in [0.3, 0.4) is 0 Å². The second kappa shape index (κ2) is 5.28. The molecule has 2 N–H and O–H groups in total. The molecule has 0 amide bonds. The van der Waals surface area contributed by atoms with Crippen LogP contribution in [0.1, 0.15) is 43.5 Å². The zero-order valence-electron chi connectivity index (χ0n) is 13.0. The van der Waals surface area contributed by atoms with Crippen molar-refractivity contribution in [2.24, 2.45) is 0 Å². The Bertz CT molecular complexity index is 655. The first kappa shape index (κ1) is 14.3. The van der Waals surface area contributed by atoms with Crippen LogP contribution in [-0.4, -0.2) is 17.3 Å². The van der Waals surface area contributed by atoms with Gasteiger partial charge in [0.2, 0.25) is 0 Å². The van der Waals surface area contributed by atoms with Gasteiger partial charge in [0.1, 0.15) is 0 Å². The van der Waals surface area contributed by atoms with E-state index in [2.05, 4.69) is 54.7 Å². The highest BCUT2D eigenvalue weighted by molar-refractivity contribution is 5.76. The summed E-state index contributed by atoms with van der Waals surface area (Å²) < 4.78 is 0. The lowest BCUT2D eigenvalue weighted by atomic mass is 10.00. The van der Waals surface area contributed by atoms with E-state index in [4.69, 9.17) is 0 Å². The Labute approximate surface area is 126 Å². The summed E-state index contributed by atoms with van der Waals surface area (Å²) in [6.07, 6.45) is 1.03. The number of nitrogens with one attached hydrogen (secondary N) is 1. The zero-order chi connectivity index (χ0) is 15.0. The number of hydrogen-bond donors (Lipinski definition) is 2. The van der Waals surface area contributed by atoms with E-state index in [0.717, 1.165) is 6.42 Å². The highest BCUT2D eigenvalue weighted by atomic mass is 16.3. The molecule has 1 atom stereocenters. The molecule has 2 aromatic rings. The van der Waals surface area contributed by atoms with Crippen molar-refractivity contribution in [3.63, 3.8) is 0 Å². The normalized spacial score (nSPS) is 14.7. The molecule has 110 valence electrons. The summed E-state index contributed by atoms with van der Waals surface area (Å²) >= 11 is 0. The van der Waals surface area contributed by atoms with Crippen LogP contribution in [0, 0.1) is 0 Å². The summed E-state index contributed by atoms with van der Waals surface area (Å²) in [5.74, 6) is 0. The minimum Gasteiger partial charge on any atom is -0.389 e. The van der Waals surface area contributed by atoms with Crippen LogP contribution in [0.5, 0.6) is 0 Å². The zero-order valence-corrected chi connectivity index (χ0v) is 13.0. The molecule has 0 aliphatic heterocycles. The van der Waals surface area contributed by atoms with Gasteiger partial charge < -0.3 is 10.4 Å². The van der Waals surface area contributed by atoms with Gasteiger partial charge in [0, 0.05) is 12.6 Å². The van der Waals surface area contributed by atoms with E-state index in [1.807, 2.05) is 13.8 Å². The van der Waals surface area contributed by atoms with Gasteiger partial charge >= 0.3 is 0 Å². The summed E-state index contributed by atoms with van der Waals surface area (Å²) in [7, 11) is 0. The Balaban J connectivity index is 1.81. The van der Waals surface area contributed by atoms with Crippen LogP contribution in [0.25, 0.3) is 11.1 Å². The lowest BCUT2D eigenvalue weighted by Crippen LogP contribution is -2.36. The molecule has 0 saturated carbocycles. The minimum absolute atomic E-state index is 0.241. The largest absolute Gasteiger partial charge is 0.389 e. The fourth-order valence-corrected chi connectivity index (χ4v) is 2.96. The predicted molar refractivity (Wildman–Crippen MR) is 87.4 cm³/mol. The molecule has 2 heteroatoms. The van der Waals surface area contributed by atoms with Crippen LogP contribution < -0.4 is 5.32 Å². The van der Waals surface area contributed by atoms with Crippen molar-refractivity contribution < 1.29 is 5.11 Å². The maximum absolute atomic E-state index is 9.82. The molecule has 0 saturated heterocycles. The van der Waals surface area contributed by atoms with E-state index in [0.29, 0.717) is 6.54 Å². The second-order valence-corrected chi connectivity index (χ2v) is 6.67. The molecule has 0 aromatic heterocycles. The molecule has 0 radical (unpaired) electrons. The lowest BCUT2D eigenvalue weighted by Gasteiger charge is -2.22. The molecule has 3 rings (SSSR count). The van der Waals surface area contributed by atoms with E-state index in [1.54, 1.807) is 0 Å². The van der Waals surface area contributed by atoms with Gasteiger partial charge in [0.15, 0.2) is 0 Å². The predicted octanol–water partition coefficient (Wildman–Crippen LogP) is 3.68. The first-order valence-corrected chi connectivity index (χ1v) is 7.61. The third-order valence-corrected chi connectivity index (χ3v) is 4.16. The second-order valence-electron chi connectivity index (χ2n) is 6.67. The molecular formula is C19H23NO. The Morgan fingerprint density at radius 2 is 1.81 bits per heavy atom. The molecule has 1 unspecified atom stereocenters. The quantitative estimate of drug-likeness (QED) is 0.764. The molecule has 2 aromatic carbocycles. The van der Waals surface area contributed by atoms with Crippen molar-refractivity contribution >= 4 is 0 Å². The molecule has 2 nitrogen and oxygen atoms in total. The van der Waals surface area contributed by atoms with Gasteiger partial charge in [-0.2, -0.15) is 0 Å². The SMILES string of the molecule is CC(NCC(C)(C)O)c1ccc2c(c1)Cc1ccccc1-2. The van der Waals surface area contributed by atoms with Gasteiger partial charge in [0.05, 0.1) is 5.60 Å². The van der Waals surface area contributed by atoms with Gasteiger partial charge in [-0.15, -0.1) is 0 Å². The number of rotatable bonds is 4. The topological polar surface area (TPSA) is 32.3 Å². The Morgan fingerprint density at radius 1 is 1.10 bits per heavy atom. The van der Waals surface area contributed by atoms with Crippen molar-refractivity contribution in [3.05, 3.63) is 59.2 Å². The number of fused-ring (bicyclic) bond motifs is 3. The van der Waals surface area contributed by atoms with Crippen molar-refractivity contribution in [1.29, 1.82) is 0 Å². The monoisotopic (exact) mass is 281 g/mol. The molecule has 0 spiro atoms. The summed E-state index contributed by atoms with van der Waals surface area (Å²) in [6, 6.07) is 15.6. The minimum atomic E-state index is -0.679. The van der Waals surface area contributed by atoms with E-state index >= 15 is 0 Å². The maximum atomic E-state index is 9.82. The number of aliphatic hydroxyl groups is 1. The lowest BCUT2D eigenvalue weighted by molar-refractivity contribution is 0.0770. The van der Waals surface area contributed by atoms with Crippen LogP contribution in [-0.2, 0) is 6.42 Å².